The van der Waals surface area contributed by atoms with Crippen molar-refractivity contribution in [3.8, 4) is 10.6 Å². The maximum absolute atomic E-state index is 4.77. The van der Waals surface area contributed by atoms with E-state index in [1.165, 1.54) is 12.0 Å². The molecule has 1 fully saturated rings. The monoisotopic (exact) mass is 317 g/mol. The standard InChI is InChI=1S/C14H15N5S2/c1-2-12(13-15-9-16-18-13)19(4-1)6-11-8-21-14(17-11)10-3-5-20-7-10/h3,5,7-9,12H,1-2,4,6H2,(H,15,16,18)/t12-/m0/s1. The van der Waals surface area contributed by atoms with E-state index in [2.05, 4.69) is 42.3 Å². The minimum Gasteiger partial charge on any atom is -0.287 e. The van der Waals surface area contributed by atoms with E-state index < -0.39 is 0 Å². The van der Waals surface area contributed by atoms with E-state index in [9.17, 15) is 0 Å². The summed E-state index contributed by atoms with van der Waals surface area (Å²) in [5.74, 6) is 0.973. The number of thiophene rings is 1. The SMILES string of the molecule is c1n[nH]c([C@@H]2CCCN2Cc2csc(-c3ccsc3)n2)n1. The number of nitrogens with one attached hydrogen (secondary N) is 1. The number of hydrogen-bond donors (Lipinski definition) is 1. The molecular weight excluding hydrogens is 302 g/mol. The number of thiazole rings is 1. The summed E-state index contributed by atoms with van der Waals surface area (Å²) in [6.45, 7) is 1.97. The molecule has 1 N–H and O–H groups in total. The lowest BCUT2D eigenvalue weighted by molar-refractivity contribution is 0.238. The van der Waals surface area contributed by atoms with Crippen LogP contribution >= 0.6 is 22.7 Å². The van der Waals surface area contributed by atoms with Crippen LogP contribution in [0.15, 0.2) is 28.5 Å². The zero-order valence-corrected chi connectivity index (χ0v) is 13.0. The van der Waals surface area contributed by atoms with Gasteiger partial charge in [0.15, 0.2) is 0 Å². The Balaban J connectivity index is 1.51. The highest BCUT2D eigenvalue weighted by Gasteiger charge is 2.28. The highest BCUT2D eigenvalue weighted by atomic mass is 32.1. The van der Waals surface area contributed by atoms with Gasteiger partial charge in [0.1, 0.15) is 17.2 Å². The number of likely N-dealkylation sites (tertiary alicyclic amines) is 1. The summed E-state index contributed by atoms with van der Waals surface area (Å²) in [5.41, 5.74) is 2.37. The van der Waals surface area contributed by atoms with E-state index in [-0.39, 0.29) is 0 Å². The fraction of sp³-hybridized carbons (Fsp3) is 0.357. The summed E-state index contributed by atoms with van der Waals surface area (Å²) in [5, 5.41) is 14.5. The predicted molar refractivity (Wildman–Crippen MR) is 84.2 cm³/mol. The molecule has 0 bridgehead atoms. The fourth-order valence-corrected chi connectivity index (χ4v) is 4.33. The van der Waals surface area contributed by atoms with Crippen LogP contribution in [0.3, 0.4) is 0 Å². The van der Waals surface area contributed by atoms with Crippen LogP contribution in [0.2, 0.25) is 0 Å². The van der Waals surface area contributed by atoms with Crippen LogP contribution < -0.4 is 0 Å². The molecule has 108 valence electrons. The van der Waals surface area contributed by atoms with Gasteiger partial charge in [-0.15, -0.1) is 11.3 Å². The molecule has 0 saturated carbocycles. The second-order valence-electron chi connectivity index (χ2n) is 5.16. The lowest BCUT2D eigenvalue weighted by Gasteiger charge is -2.21. The summed E-state index contributed by atoms with van der Waals surface area (Å²) in [4.78, 5) is 11.5. The molecule has 0 radical (unpaired) electrons. The van der Waals surface area contributed by atoms with Gasteiger partial charge < -0.3 is 0 Å². The smallest absolute Gasteiger partial charge is 0.141 e. The Bertz CT molecular complexity index is 689. The number of rotatable bonds is 4. The molecule has 3 aromatic rings. The summed E-state index contributed by atoms with van der Waals surface area (Å²) >= 11 is 3.43. The molecule has 21 heavy (non-hydrogen) atoms. The van der Waals surface area contributed by atoms with Gasteiger partial charge in [-0.2, -0.15) is 16.4 Å². The van der Waals surface area contributed by atoms with Crippen LogP contribution in [0.1, 0.15) is 30.4 Å². The first-order valence-electron chi connectivity index (χ1n) is 6.96. The summed E-state index contributed by atoms with van der Waals surface area (Å²) in [6.07, 6.45) is 3.92. The van der Waals surface area contributed by atoms with Crippen LogP contribution in [0.4, 0.5) is 0 Å². The largest absolute Gasteiger partial charge is 0.287 e. The van der Waals surface area contributed by atoms with Crippen molar-refractivity contribution in [3.63, 3.8) is 0 Å². The topological polar surface area (TPSA) is 57.7 Å². The number of hydrogen-bond acceptors (Lipinski definition) is 6. The first-order chi connectivity index (χ1) is 10.4. The maximum Gasteiger partial charge on any atom is 0.141 e. The lowest BCUT2D eigenvalue weighted by atomic mass is 10.2. The van der Waals surface area contributed by atoms with Gasteiger partial charge in [0.25, 0.3) is 0 Å². The zero-order chi connectivity index (χ0) is 14.1. The first kappa shape index (κ1) is 13.1. The molecule has 4 heterocycles. The van der Waals surface area contributed by atoms with Gasteiger partial charge in [-0.1, -0.05) is 0 Å². The molecule has 0 spiro atoms. The highest BCUT2D eigenvalue weighted by molar-refractivity contribution is 7.14. The van der Waals surface area contributed by atoms with E-state index in [0.717, 1.165) is 36.0 Å². The second kappa shape index (κ2) is 5.67. The van der Waals surface area contributed by atoms with Crippen molar-refractivity contribution in [3.05, 3.63) is 40.1 Å². The third-order valence-corrected chi connectivity index (χ3v) is 5.42. The van der Waals surface area contributed by atoms with Gasteiger partial charge in [-0.05, 0) is 30.8 Å². The Morgan fingerprint density at radius 1 is 1.38 bits per heavy atom. The Morgan fingerprint density at radius 2 is 2.38 bits per heavy atom. The van der Waals surface area contributed by atoms with Crippen LogP contribution in [0, 0.1) is 0 Å². The number of aromatic amines is 1. The molecule has 0 amide bonds. The van der Waals surface area contributed by atoms with Crippen LogP contribution in [0.5, 0.6) is 0 Å². The minimum absolute atomic E-state index is 0.346. The van der Waals surface area contributed by atoms with Gasteiger partial charge in [-0.3, -0.25) is 10.00 Å². The Hall–Kier alpha value is -1.57. The molecule has 5 nitrogen and oxygen atoms in total. The molecule has 0 aliphatic carbocycles. The zero-order valence-electron chi connectivity index (χ0n) is 11.4. The van der Waals surface area contributed by atoms with Crippen molar-refractivity contribution in [2.45, 2.75) is 25.4 Å². The Labute approximate surface area is 130 Å². The first-order valence-corrected chi connectivity index (χ1v) is 8.79. The number of aromatic nitrogens is 4. The van der Waals surface area contributed by atoms with Crippen molar-refractivity contribution < 1.29 is 0 Å². The van der Waals surface area contributed by atoms with Crippen molar-refractivity contribution in [2.75, 3.05) is 6.54 Å². The van der Waals surface area contributed by atoms with Crippen LogP contribution in [-0.4, -0.2) is 31.6 Å². The quantitative estimate of drug-likeness (QED) is 0.802. The Kier molecular flexibility index (Phi) is 3.54. The normalized spacial score (nSPS) is 19.3. The van der Waals surface area contributed by atoms with Gasteiger partial charge in [0.05, 0.1) is 11.7 Å². The van der Waals surface area contributed by atoms with E-state index in [4.69, 9.17) is 4.98 Å². The highest BCUT2D eigenvalue weighted by Crippen LogP contribution is 2.32. The van der Waals surface area contributed by atoms with E-state index in [1.54, 1.807) is 29.0 Å². The van der Waals surface area contributed by atoms with Gasteiger partial charge in [0.2, 0.25) is 0 Å². The number of H-pyrrole nitrogens is 1. The third-order valence-electron chi connectivity index (χ3n) is 3.80. The van der Waals surface area contributed by atoms with Crippen molar-refractivity contribution in [1.82, 2.24) is 25.1 Å². The maximum atomic E-state index is 4.77. The molecule has 1 saturated heterocycles. The molecular formula is C14H15N5S2. The third kappa shape index (κ3) is 2.64. The summed E-state index contributed by atoms with van der Waals surface area (Å²) in [7, 11) is 0. The minimum atomic E-state index is 0.346. The van der Waals surface area contributed by atoms with Crippen molar-refractivity contribution >= 4 is 22.7 Å². The average molecular weight is 317 g/mol. The van der Waals surface area contributed by atoms with Crippen molar-refractivity contribution in [2.24, 2.45) is 0 Å². The van der Waals surface area contributed by atoms with E-state index >= 15 is 0 Å². The van der Waals surface area contributed by atoms with E-state index in [0.29, 0.717) is 6.04 Å². The van der Waals surface area contributed by atoms with E-state index in [1.807, 2.05) is 0 Å². The molecule has 1 atom stereocenters. The Morgan fingerprint density at radius 3 is 3.19 bits per heavy atom. The molecule has 4 rings (SSSR count). The van der Waals surface area contributed by atoms with Crippen LogP contribution in [0.25, 0.3) is 10.6 Å². The second-order valence-corrected chi connectivity index (χ2v) is 6.79. The van der Waals surface area contributed by atoms with Crippen molar-refractivity contribution in [1.29, 1.82) is 0 Å². The molecule has 3 aromatic heterocycles. The summed E-state index contributed by atoms with van der Waals surface area (Å²) in [6, 6.07) is 2.47. The predicted octanol–water partition coefficient (Wildman–Crippen LogP) is 3.33. The van der Waals surface area contributed by atoms with Gasteiger partial charge >= 0.3 is 0 Å². The fourth-order valence-electron chi connectivity index (χ4n) is 2.81. The molecule has 1 aliphatic heterocycles. The van der Waals surface area contributed by atoms with Crippen LogP contribution in [-0.2, 0) is 6.54 Å². The van der Waals surface area contributed by atoms with Gasteiger partial charge in [0, 0.05) is 22.9 Å². The van der Waals surface area contributed by atoms with Gasteiger partial charge in [-0.25, -0.2) is 9.97 Å². The molecule has 1 aliphatic rings. The molecule has 0 unspecified atom stereocenters. The molecule has 7 heteroatoms. The number of nitrogens with zero attached hydrogens (tertiary/aromatic N) is 4. The summed E-state index contributed by atoms with van der Waals surface area (Å²) < 4.78 is 0. The molecule has 0 aromatic carbocycles. The lowest BCUT2D eigenvalue weighted by Crippen LogP contribution is -2.23. The average Bonchev–Trinajstić information content (AvgIpc) is 3.28.